The molecule has 0 unspecified atom stereocenters. The Hall–Kier alpha value is -3.20. The average Bonchev–Trinajstić information content (AvgIpc) is 2.98. The quantitative estimate of drug-likeness (QED) is 0.775. The molecule has 3 aromatic heterocycles. The van der Waals surface area contributed by atoms with Gasteiger partial charge in [-0.2, -0.15) is 5.26 Å². The number of nitrogens with one attached hydrogen (secondary N) is 1. The normalized spacial score (nSPS) is 10.3. The van der Waals surface area contributed by atoms with Crippen LogP contribution in [0.25, 0.3) is 22.6 Å². The van der Waals surface area contributed by atoms with Gasteiger partial charge in [0.2, 0.25) is 0 Å². The molecule has 0 saturated heterocycles. The highest BCUT2D eigenvalue weighted by atomic mass is 16.5. The molecular weight excluding hydrogens is 268 g/mol. The Bertz CT molecular complexity index is 888. The molecule has 0 spiro atoms. The number of nitriles is 1. The van der Waals surface area contributed by atoms with Crippen LogP contribution in [-0.4, -0.2) is 15.1 Å². The van der Waals surface area contributed by atoms with Gasteiger partial charge in [-0.25, -0.2) is 0 Å². The number of aromatic amines is 1. The molecule has 0 aliphatic carbocycles. The van der Waals surface area contributed by atoms with Gasteiger partial charge in [0.05, 0.1) is 0 Å². The summed E-state index contributed by atoms with van der Waals surface area (Å²) in [7, 11) is 0. The van der Waals surface area contributed by atoms with E-state index in [-0.39, 0.29) is 5.56 Å². The van der Waals surface area contributed by atoms with E-state index in [4.69, 9.17) is 9.78 Å². The zero-order chi connectivity index (χ0) is 14.8. The molecule has 0 aliphatic heterocycles. The van der Waals surface area contributed by atoms with Crippen molar-refractivity contribution in [3.63, 3.8) is 0 Å². The van der Waals surface area contributed by atoms with Gasteiger partial charge in [0, 0.05) is 35.3 Å². The van der Waals surface area contributed by atoms with E-state index < -0.39 is 5.56 Å². The van der Waals surface area contributed by atoms with E-state index in [1.54, 1.807) is 25.4 Å². The third-order valence-electron chi connectivity index (χ3n) is 3.11. The summed E-state index contributed by atoms with van der Waals surface area (Å²) in [5.41, 5.74) is 2.43. The van der Waals surface area contributed by atoms with Gasteiger partial charge in [-0.05, 0) is 25.1 Å². The smallest absolute Gasteiger partial charge is 0.266 e. The molecule has 3 rings (SSSR count). The van der Waals surface area contributed by atoms with Crippen LogP contribution in [0.15, 0.2) is 46.0 Å². The van der Waals surface area contributed by atoms with Crippen LogP contribution in [0.1, 0.15) is 11.3 Å². The van der Waals surface area contributed by atoms with Gasteiger partial charge in [-0.1, -0.05) is 5.16 Å². The van der Waals surface area contributed by atoms with E-state index in [1.165, 1.54) is 6.07 Å². The number of aryl methyl sites for hydroxylation is 1. The maximum Gasteiger partial charge on any atom is 0.266 e. The van der Waals surface area contributed by atoms with Crippen molar-refractivity contribution in [1.82, 2.24) is 15.1 Å². The summed E-state index contributed by atoms with van der Waals surface area (Å²) in [5, 5.41) is 12.9. The SMILES string of the molecule is Cc1[nH]c(=O)c(C#N)cc1-c1cc(-c2ccncc2)no1. The zero-order valence-corrected chi connectivity index (χ0v) is 11.1. The monoisotopic (exact) mass is 278 g/mol. The van der Waals surface area contributed by atoms with Gasteiger partial charge < -0.3 is 9.51 Å². The molecule has 102 valence electrons. The van der Waals surface area contributed by atoms with Crippen LogP contribution >= 0.6 is 0 Å². The molecule has 3 heterocycles. The van der Waals surface area contributed by atoms with Crippen molar-refractivity contribution in [2.24, 2.45) is 0 Å². The lowest BCUT2D eigenvalue weighted by atomic mass is 10.1. The summed E-state index contributed by atoms with van der Waals surface area (Å²) < 4.78 is 5.32. The number of pyridine rings is 2. The molecule has 3 aromatic rings. The highest BCUT2D eigenvalue weighted by molar-refractivity contribution is 5.68. The third kappa shape index (κ3) is 2.32. The Kier molecular flexibility index (Phi) is 3.09. The van der Waals surface area contributed by atoms with Gasteiger partial charge in [0.25, 0.3) is 5.56 Å². The van der Waals surface area contributed by atoms with Crippen LogP contribution in [0.4, 0.5) is 0 Å². The van der Waals surface area contributed by atoms with Crippen molar-refractivity contribution in [2.75, 3.05) is 0 Å². The minimum Gasteiger partial charge on any atom is -0.356 e. The highest BCUT2D eigenvalue weighted by Gasteiger charge is 2.13. The maximum atomic E-state index is 11.6. The van der Waals surface area contributed by atoms with Gasteiger partial charge in [0.15, 0.2) is 5.76 Å². The number of nitrogens with zero attached hydrogens (tertiary/aromatic N) is 3. The summed E-state index contributed by atoms with van der Waals surface area (Å²) in [6, 6.07) is 8.77. The van der Waals surface area contributed by atoms with Crippen molar-refractivity contribution in [2.45, 2.75) is 6.92 Å². The molecule has 0 saturated carbocycles. The standard InChI is InChI=1S/C15H10N4O2/c1-9-12(6-11(8-16)15(20)18-9)14-7-13(19-21-14)10-2-4-17-5-3-10/h2-7H,1H3,(H,18,20). The summed E-state index contributed by atoms with van der Waals surface area (Å²) in [6.07, 6.45) is 3.34. The third-order valence-corrected chi connectivity index (χ3v) is 3.11. The molecule has 1 N–H and O–H groups in total. The number of hydrogen-bond donors (Lipinski definition) is 1. The number of rotatable bonds is 2. The topological polar surface area (TPSA) is 95.6 Å². The van der Waals surface area contributed by atoms with E-state index in [2.05, 4.69) is 15.1 Å². The summed E-state index contributed by atoms with van der Waals surface area (Å²) in [5.74, 6) is 0.493. The van der Waals surface area contributed by atoms with Crippen LogP contribution in [0.2, 0.25) is 0 Å². The van der Waals surface area contributed by atoms with E-state index in [1.807, 2.05) is 18.2 Å². The Morgan fingerprint density at radius 3 is 2.76 bits per heavy atom. The maximum absolute atomic E-state index is 11.6. The fraction of sp³-hybridized carbons (Fsp3) is 0.0667. The van der Waals surface area contributed by atoms with Crippen LogP contribution < -0.4 is 5.56 Å². The van der Waals surface area contributed by atoms with Crippen LogP contribution in [-0.2, 0) is 0 Å². The second kappa shape index (κ2) is 5.06. The van der Waals surface area contributed by atoms with Gasteiger partial charge in [-0.3, -0.25) is 9.78 Å². The summed E-state index contributed by atoms with van der Waals surface area (Å²) in [4.78, 5) is 18.1. The number of H-pyrrole nitrogens is 1. The van der Waals surface area contributed by atoms with Crippen molar-refractivity contribution in [3.05, 3.63) is 58.3 Å². The average molecular weight is 278 g/mol. The van der Waals surface area contributed by atoms with E-state index in [9.17, 15) is 4.79 Å². The molecule has 0 bridgehead atoms. The molecule has 6 heteroatoms. The number of hydrogen-bond acceptors (Lipinski definition) is 5. The Balaban J connectivity index is 2.09. The molecule has 0 radical (unpaired) electrons. The van der Waals surface area contributed by atoms with Crippen LogP contribution in [0.5, 0.6) is 0 Å². The molecule has 0 fully saturated rings. The predicted molar refractivity (Wildman–Crippen MR) is 75.2 cm³/mol. The largest absolute Gasteiger partial charge is 0.356 e. The number of aromatic nitrogens is 3. The van der Waals surface area contributed by atoms with Crippen molar-refractivity contribution >= 4 is 0 Å². The van der Waals surface area contributed by atoms with Gasteiger partial charge in [0.1, 0.15) is 17.3 Å². The predicted octanol–water partition coefficient (Wildman–Crippen LogP) is 2.27. The Morgan fingerprint density at radius 1 is 1.29 bits per heavy atom. The lowest BCUT2D eigenvalue weighted by Crippen LogP contribution is -2.11. The molecule has 21 heavy (non-hydrogen) atoms. The lowest BCUT2D eigenvalue weighted by molar-refractivity contribution is 0.434. The first-order chi connectivity index (χ1) is 10.2. The zero-order valence-electron chi connectivity index (χ0n) is 11.1. The molecule has 0 aromatic carbocycles. The first-order valence-electron chi connectivity index (χ1n) is 6.20. The molecular formula is C15H10N4O2. The lowest BCUT2D eigenvalue weighted by Gasteiger charge is -2.01. The summed E-state index contributed by atoms with van der Waals surface area (Å²) >= 11 is 0. The fourth-order valence-corrected chi connectivity index (χ4v) is 2.02. The Morgan fingerprint density at radius 2 is 2.05 bits per heavy atom. The van der Waals surface area contributed by atoms with Gasteiger partial charge in [-0.15, -0.1) is 0 Å². The Labute approximate surface area is 119 Å². The summed E-state index contributed by atoms with van der Waals surface area (Å²) in [6.45, 7) is 1.74. The molecule has 0 atom stereocenters. The fourth-order valence-electron chi connectivity index (χ4n) is 2.02. The van der Waals surface area contributed by atoms with E-state index >= 15 is 0 Å². The first-order valence-corrected chi connectivity index (χ1v) is 6.20. The molecule has 0 aliphatic rings. The molecule has 6 nitrogen and oxygen atoms in total. The minimum atomic E-state index is -0.410. The van der Waals surface area contributed by atoms with Crippen LogP contribution in [0.3, 0.4) is 0 Å². The molecule has 0 amide bonds. The van der Waals surface area contributed by atoms with Crippen molar-refractivity contribution < 1.29 is 4.52 Å². The highest BCUT2D eigenvalue weighted by Crippen LogP contribution is 2.27. The van der Waals surface area contributed by atoms with E-state index in [0.29, 0.717) is 22.7 Å². The minimum absolute atomic E-state index is 0.0393. The van der Waals surface area contributed by atoms with Crippen molar-refractivity contribution in [1.29, 1.82) is 5.26 Å². The first kappa shape index (κ1) is 12.8. The van der Waals surface area contributed by atoms with Crippen LogP contribution in [0, 0.1) is 18.3 Å². The van der Waals surface area contributed by atoms with Crippen molar-refractivity contribution in [3.8, 4) is 28.7 Å². The second-order valence-corrected chi connectivity index (χ2v) is 4.47. The van der Waals surface area contributed by atoms with Gasteiger partial charge >= 0.3 is 0 Å². The second-order valence-electron chi connectivity index (χ2n) is 4.47. The van der Waals surface area contributed by atoms with E-state index in [0.717, 1.165) is 5.56 Å².